The highest BCUT2D eigenvalue weighted by atomic mass is 16.4. The number of fused-ring (bicyclic) bond motifs is 1. The van der Waals surface area contributed by atoms with Gasteiger partial charge in [-0.05, 0) is 6.07 Å². The fourth-order valence-corrected chi connectivity index (χ4v) is 1.51. The van der Waals surface area contributed by atoms with Crippen LogP contribution in [0.2, 0.25) is 0 Å². The van der Waals surface area contributed by atoms with Crippen LogP contribution in [0.5, 0.6) is 0 Å². The van der Waals surface area contributed by atoms with E-state index in [2.05, 4.69) is 25.0 Å². The van der Waals surface area contributed by atoms with E-state index in [9.17, 15) is 4.79 Å². The molecule has 0 bridgehead atoms. The molecule has 3 aromatic rings. The van der Waals surface area contributed by atoms with Crippen LogP contribution in [-0.4, -0.2) is 40.6 Å². The molecule has 0 aliphatic heterocycles. The molecule has 8 heteroatoms. The van der Waals surface area contributed by atoms with E-state index in [1.807, 2.05) is 0 Å². The van der Waals surface area contributed by atoms with Crippen molar-refractivity contribution in [1.29, 1.82) is 0 Å². The van der Waals surface area contributed by atoms with Crippen molar-refractivity contribution in [1.82, 2.24) is 29.5 Å². The minimum Gasteiger partial charge on any atom is -0.475 e. The first kappa shape index (κ1) is 10.3. The van der Waals surface area contributed by atoms with Gasteiger partial charge in [-0.25, -0.2) is 9.78 Å². The Morgan fingerprint density at radius 1 is 1.22 bits per heavy atom. The first-order chi connectivity index (χ1) is 8.75. The maximum atomic E-state index is 10.8. The molecule has 0 radical (unpaired) electrons. The summed E-state index contributed by atoms with van der Waals surface area (Å²) in [6.07, 6.45) is 6.15. The van der Waals surface area contributed by atoms with Crippen molar-refractivity contribution in [3.8, 4) is 11.4 Å². The number of carboxylic acids is 1. The van der Waals surface area contributed by atoms with Gasteiger partial charge < -0.3 is 5.11 Å². The monoisotopic (exact) mass is 242 g/mol. The Kier molecular flexibility index (Phi) is 2.19. The van der Waals surface area contributed by atoms with Gasteiger partial charge in [-0.3, -0.25) is 9.97 Å². The van der Waals surface area contributed by atoms with Gasteiger partial charge in [0.1, 0.15) is 5.69 Å². The van der Waals surface area contributed by atoms with E-state index < -0.39 is 5.97 Å². The quantitative estimate of drug-likeness (QED) is 0.687. The zero-order valence-electron chi connectivity index (χ0n) is 8.93. The number of aromatic carboxylic acids is 1. The lowest BCUT2D eigenvalue weighted by Crippen LogP contribution is -2.01. The summed E-state index contributed by atoms with van der Waals surface area (Å²) in [7, 11) is 0. The molecule has 0 aliphatic rings. The van der Waals surface area contributed by atoms with Crippen LogP contribution in [0.25, 0.3) is 17.2 Å². The number of carboxylic acid groups (broad SMARTS) is 1. The Labute approximate surface area is 100.0 Å². The third kappa shape index (κ3) is 1.56. The van der Waals surface area contributed by atoms with Crippen LogP contribution in [0.15, 0.2) is 30.9 Å². The summed E-state index contributed by atoms with van der Waals surface area (Å²) in [5.74, 6) is -1.31. The third-order valence-electron chi connectivity index (χ3n) is 2.26. The van der Waals surface area contributed by atoms with Gasteiger partial charge in [0.05, 0.1) is 11.9 Å². The maximum absolute atomic E-state index is 10.8. The van der Waals surface area contributed by atoms with E-state index in [-0.39, 0.29) is 11.6 Å². The van der Waals surface area contributed by atoms with E-state index in [0.717, 1.165) is 0 Å². The highest BCUT2D eigenvalue weighted by molar-refractivity contribution is 5.83. The van der Waals surface area contributed by atoms with E-state index in [0.29, 0.717) is 11.4 Å². The molecule has 3 heterocycles. The first-order valence-electron chi connectivity index (χ1n) is 4.97. The molecule has 18 heavy (non-hydrogen) atoms. The molecule has 0 saturated carbocycles. The largest absolute Gasteiger partial charge is 0.475 e. The average molecular weight is 242 g/mol. The van der Waals surface area contributed by atoms with Gasteiger partial charge >= 0.3 is 5.97 Å². The summed E-state index contributed by atoms with van der Waals surface area (Å²) in [4.78, 5) is 26.6. The molecule has 0 amide bonds. The number of rotatable bonds is 2. The number of carbonyl (C=O) groups is 1. The molecule has 8 nitrogen and oxygen atoms in total. The molecule has 1 N–H and O–H groups in total. The van der Waals surface area contributed by atoms with Gasteiger partial charge in [0.2, 0.25) is 0 Å². The highest BCUT2D eigenvalue weighted by Crippen LogP contribution is 2.14. The number of nitrogens with zero attached hydrogens (tertiary/aromatic N) is 6. The second-order valence-corrected chi connectivity index (χ2v) is 3.37. The van der Waals surface area contributed by atoms with E-state index >= 15 is 0 Å². The van der Waals surface area contributed by atoms with Crippen LogP contribution < -0.4 is 0 Å². The second-order valence-electron chi connectivity index (χ2n) is 3.37. The number of aromatic nitrogens is 6. The van der Waals surface area contributed by atoms with Gasteiger partial charge in [0, 0.05) is 18.6 Å². The topological polar surface area (TPSA) is 106 Å². The van der Waals surface area contributed by atoms with Crippen molar-refractivity contribution in [3.05, 3.63) is 36.7 Å². The Hall–Kier alpha value is -2.90. The molecule has 0 spiro atoms. The normalized spacial score (nSPS) is 10.7. The van der Waals surface area contributed by atoms with Crippen molar-refractivity contribution >= 4 is 11.7 Å². The predicted molar refractivity (Wildman–Crippen MR) is 58.8 cm³/mol. The molecule has 0 atom stereocenters. The predicted octanol–water partition coefficient (Wildman–Crippen LogP) is 0.279. The molecule has 3 aromatic heterocycles. The summed E-state index contributed by atoms with van der Waals surface area (Å²) in [5, 5.41) is 12.7. The first-order valence-corrected chi connectivity index (χ1v) is 4.97. The third-order valence-corrected chi connectivity index (χ3v) is 2.26. The van der Waals surface area contributed by atoms with Crippen molar-refractivity contribution < 1.29 is 9.90 Å². The summed E-state index contributed by atoms with van der Waals surface area (Å²) in [6, 6.07) is 1.66. The lowest BCUT2D eigenvalue weighted by molar-refractivity contribution is 0.0684. The van der Waals surface area contributed by atoms with Crippen LogP contribution in [0, 0.1) is 0 Å². The molecule has 3 rings (SSSR count). The number of hydrogen-bond donors (Lipinski definition) is 1. The van der Waals surface area contributed by atoms with Crippen LogP contribution in [-0.2, 0) is 0 Å². The van der Waals surface area contributed by atoms with E-state index in [4.69, 9.17) is 5.11 Å². The lowest BCUT2D eigenvalue weighted by Gasteiger charge is -2.00. The fraction of sp³-hybridized carbons (Fsp3) is 0. The maximum Gasteiger partial charge on any atom is 0.375 e. The SMILES string of the molecule is O=C(O)c1nc2nccc(-c3cnccn3)n2n1. The average Bonchev–Trinajstić information content (AvgIpc) is 2.83. The van der Waals surface area contributed by atoms with Crippen molar-refractivity contribution in [2.24, 2.45) is 0 Å². The molecule has 0 unspecified atom stereocenters. The molecular weight excluding hydrogens is 236 g/mol. The summed E-state index contributed by atoms with van der Waals surface area (Å²) >= 11 is 0. The Morgan fingerprint density at radius 2 is 2.11 bits per heavy atom. The summed E-state index contributed by atoms with van der Waals surface area (Å²) in [5.41, 5.74) is 1.14. The van der Waals surface area contributed by atoms with E-state index in [1.54, 1.807) is 18.5 Å². The van der Waals surface area contributed by atoms with Gasteiger partial charge in [-0.2, -0.15) is 9.50 Å². The minimum atomic E-state index is -1.20. The van der Waals surface area contributed by atoms with Gasteiger partial charge in [-0.15, -0.1) is 5.10 Å². The van der Waals surface area contributed by atoms with Gasteiger partial charge in [-0.1, -0.05) is 0 Å². The fourth-order valence-electron chi connectivity index (χ4n) is 1.51. The molecule has 0 fully saturated rings. The van der Waals surface area contributed by atoms with Gasteiger partial charge in [0.15, 0.2) is 0 Å². The number of hydrogen-bond acceptors (Lipinski definition) is 6. The van der Waals surface area contributed by atoms with Crippen molar-refractivity contribution in [3.63, 3.8) is 0 Å². The van der Waals surface area contributed by atoms with Crippen LogP contribution in [0.3, 0.4) is 0 Å². The lowest BCUT2D eigenvalue weighted by atomic mass is 10.3. The van der Waals surface area contributed by atoms with Crippen molar-refractivity contribution in [2.45, 2.75) is 0 Å². The Bertz CT molecular complexity index is 724. The molecule has 0 aliphatic carbocycles. The zero-order valence-corrected chi connectivity index (χ0v) is 8.93. The molecule has 88 valence electrons. The standard InChI is InChI=1S/C10H6N6O2/c17-9(18)8-14-10-13-2-1-7(16(10)15-8)6-5-11-3-4-12-6/h1-5H,(H,17,18). The summed E-state index contributed by atoms with van der Waals surface area (Å²) < 4.78 is 1.33. The molecular formula is C10H6N6O2. The Morgan fingerprint density at radius 3 is 2.83 bits per heavy atom. The van der Waals surface area contributed by atoms with Crippen LogP contribution >= 0.6 is 0 Å². The molecule has 0 aromatic carbocycles. The van der Waals surface area contributed by atoms with Gasteiger partial charge in [0.25, 0.3) is 11.6 Å². The minimum absolute atomic E-state index is 0.204. The van der Waals surface area contributed by atoms with Crippen molar-refractivity contribution in [2.75, 3.05) is 0 Å². The highest BCUT2D eigenvalue weighted by Gasteiger charge is 2.14. The zero-order chi connectivity index (χ0) is 12.5. The van der Waals surface area contributed by atoms with Crippen LogP contribution in [0.1, 0.15) is 10.6 Å². The van der Waals surface area contributed by atoms with E-state index in [1.165, 1.54) is 16.9 Å². The smallest absolute Gasteiger partial charge is 0.375 e. The molecule has 0 saturated heterocycles. The van der Waals surface area contributed by atoms with Crippen LogP contribution in [0.4, 0.5) is 0 Å². The Balaban J connectivity index is 2.27. The second kappa shape index (κ2) is 3.84. The summed E-state index contributed by atoms with van der Waals surface area (Å²) in [6.45, 7) is 0.